The van der Waals surface area contributed by atoms with Gasteiger partial charge in [-0.2, -0.15) is 0 Å². The second-order valence-corrected chi connectivity index (χ2v) is 13.3. The van der Waals surface area contributed by atoms with Crippen molar-refractivity contribution in [3.8, 4) is 0 Å². The Hall–Kier alpha value is -1.52. The van der Waals surface area contributed by atoms with E-state index in [1.54, 1.807) is 17.5 Å². The van der Waals surface area contributed by atoms with Crippen LogP contribution in [0.4, 0.5) is 0 Å². The zero-order valence-electron chi connectivity index (χ0n) is 16.6. The standard InChI is InChI=1S/C21H26N2O4S3/c24-29(25)16-19(20(17-29)30(26,27)21-9-5-15-28-21)23-13-11-22(12-14-23)10-4-8-18-6-2-1-3-7-18/h1-9,15,19-20H,10-14,16-17H2. The number of nitrogens with zero attached hydrogens (tertiary/aromatic N) is 2. The van der Waals surface area contributed by atoms with E-state index in [-0.39, 0.29) is 15.7 Å². The van der Waals surface area contributed by atoms with Crippen LogP contribution in [0, 0.1) is 0 Å². The summed E-state index contributed by atoms with van der Waals surface area (Å²) in [5.41, 5.74) is 1.16. The maximum Gasteiger partial charge on any atom is 0.193 e. The minimum absolute atomic E-state index is 0.0732. The average Bonchev–Trinajstić information content (AvgIpc) is 3.38. The summed E-state index contributed by atoms with van der Waals surface area (Å²) in [7, 11) is -7.02. The topological polar surface area (TPSA) is 74.8 Å². The van der Waals surface area contributed by atoms with Gasteiger partial charge in [-0.3, -0.25) is 9.80 Å². The first-order chi connectivity index (χ1) is 14.4. The van der Waals surface area contributed by atoms with Gasteiger partial charge in [0.1, 0.15) is 4.21 Å². The summed E-state index contributed by atoms with van der Waals surface area (Å²) in [6.45, 7) is 3.76. The molecule has 0 amide bonds. The van der Waals surface area contributed by atoms with Crippen LogP contribution in [0.5, 0.6) is 0 Å². The van der Waals surface area contributed by atoms with Crippen LogP contribution in [-0.4, -0.2) is 82.2 Å². The lowest BCUT2D eigenvalue weighted by atomic mass is 10.1. The second-order valence-electron chi connectivity index (χ2n) is 7.81. The summed E-state index contributed by atoms with van der Waals surface area (Å²) in [5.74, 6) is -0.353. The molecule has 2 unspecified atom stereocenters. The Morgan fingerprint density at radius 1 is 1.00 bits per heavy atom. The molecule has 3 heterocycles. The highest BCUT2D eigenvalue weighted by Gasteiger charge is 2.48. The molecule has 30 heavy (non-hydrogen) atoms. The molecular formula is C21H26N2O4S3. The quantitative estimate of drug-likeness (QED) is 0.649. The molecule has 1 aromatic carbocycles. The molecule has 2 fully saturated rings. The Morgan fingerprint density at radius 3 is 2.40 bits per heavy atom. The van der Waals surface area contributed by atoms with Crippen LogP contribution in [0.1, 0.15) is 5.56 Å². The fourth-order valence-electron chi connectivity index (χ4n) is 4.19. The van der Waals surface area contributed by atoms with E-state index in [2.05, 4.69) is 34.1 Å². The molecule has 4 rings (SSSR count). The van der Waals surface area contributed by atoms with Gasteiger partial charge in [-0.1, -0.05) is 48.6 Å². The van der Waals surface area contributed by atoms with Gasteiger partial charge in [0.05, 0.1) is 16.8 Å². The minimum Gasteiger partial charge on any atom is -0.297 e. The highest BCUT2D eigenvalue weighted by atomic mass is 32.2. The Kier molecular flexibility index (Phi) is 6.45. The molecule has 0 bridgehead atoms. The normalized spacial score (nSPS) is 25.7. The first-order valence-electron chi connectivity index (χ1n) is 10.0. The summed E-state index contributed by atoms with van der Waals surface area (Å²) in [4.78, 5) is 4.37. The molecule has 2 saturated heterocycles. The predicted molar refractivity (Wildman–Crippen MR) is 121 cm³/mol. The lowest BCUT2D eigenvalue weighted by Gasteiger charge is -2.38. The molecule has 9 heteroatoms. The maximum atomic E-state index is 13.1. The highest BCUT2D eigenvalue weighted by Crippen LogP contribution is 2.31. The minimum atomic E-state index is -3.65. The number of thiophene rings is 1. The van der Waals surface area contributed by atoms with Crippen LogP contribution < -0.4 is 0 Å². The van der Waals surface area contributed by atoms with Crippen molar-refractivity contribution >= 4 is 37.1 Å². The monoisotopic (exact) mass is 466 g/mol. The van der Waals surface area contributed by atoms with E-state index in [0.29, 0.717) is 13.1 Å². The molecule has 162 valence electrons. The lowest BCUT2D eigenvalue weighted by molar-refractivity contribution is 0.113. The fourth-order valence-corrected chi connectivity index (χ4v) is 10.2. The summed E-state index contributed by atoms with van der Waals surface area (Å²) >= 11 is 1.16. The third-order valence-corrected chi connectivity index (χ3v) is 11.3. The molecule has 0 spiro atoms. The van der Waals surface area contributed by atoms with Crippen LogP contribution in [0.3, 0.4) is 0 Å². The van der Waals surface area contributed by atoms with Crippen LogP contribution in [0.2, 0.25) is 0 Å². The van der Waals surface area contributed by atoms with E-state index in [9.17, 15) is 16.8 Å². The first-order valence-corrected chi connectivity index (χ1v) is 14.3. The zero-order valence-corrected chi connectivity index (χ0v) is 19.1. The molecule has 0 N–H and O–H groups in total. The number of piperazine rings is 1. The van der Waals surface area contributed by atoms with E-state index >= 15 is 0 Å². The molecule has 0 saturated carbocycles. The van der Waals surface area contributed by atoms with E-state index in [1.165, 1.54) is 0 Å². The van der Waals surface area contributed by atoms with Crippen molar-refractivity contribution in [1.29, 1.82) is 0 Å². The van der Waals surface area contributed by atoms with Crippen molar-refractivity contribution in [2.24, 2.45) is 0 Å². The number of sulfone groups is 2. The fraction of sp³-hybridized carbons (Fsp3) is 0.429. The molecule has 2 aromatic rings. The largest absolute Gasteiger partial charge is 0.297 e. The molecule has 2 aliphatic rings. The van der Waals surface area contributed by atoms with E-state index in [1.807, 2.05) is 18.2 Å². The van der Waals surface area contributed by atoms with Gasteiger partial charge in [-0.15, -0.1) is 11.3 Å². The maximum absolute atomic E-state index is 13.1. The van der Waals surface area contributed by atoms with Crippen molar-refractivity contribution in [3.05, 3.63) is 59.5 Å². The molecule has 2 atom stereocenters. The average molecular weight is 467 g/mol. The van der Waals surface area contributed by atoms with Crippen molar-refractivity contribution in [3.63, 3.8) is 0 Å². The van der Waals surface area contributed by atoms with Crippen molar-refractivity contribution in [1.82, 2.24) is 9.80 Å². The van der Waals surface area contributed by atoms with Crippen molar-refractivity contribution < 1.29 is 16.8 Å². The Morgan fingerprint density at radius 2 is 1.73 bits per heavy atom. The lowest BCUT2D eigenvalue weighted by Crippen LogP contribution is -2.54. The van der Waals surface area contributed by atoms with Gasteiger partial charge in [0.2, 0.25) is 0 Å². The van der Waals surface area contributed by atoms with Crippen LogP contribution in [0.15, 0.2) is 58.1 Å². The van der Waals surface area contributed by atoms with Crippen molar-refractivity contribution in [2.45, 2.75) is 15.5 Å². The second kappa shape index (κ2) is 8.92. The Bertz CT molecular complexity index is 1070. The number of rotatable bonds is 6. The smallest absolute Gasteiger partial charge is 0.193 e. The SMILES string of the molecule is O=S1(=O)CC(N2CCN(CC=Cc3ccccc3)CC2)C(S(=O)(=O)c2cccs2)C1. The molecule has 1 aromatic heterocycles. The number of benzene rings is 1. The van der Waals surface area contributed by atoms with E-state index < -0.39 is 31.0 Å². The molecule has 6 nitrogen and oxygen atoms in total. The van der Waals surface area contributed by atoms with Crippen molar-refractivity contribution in [2.75, 3.05) is 44.2 Å². The van der Waals surface area contributed by atoms with E-state index in [0.717, 1.165) is 36.5 Å². The molecule has 2 aliphatic heterocycles. The first kappa shape index (κ1) is 21.7. The highest BCUT2D eigenvalue weighted by molar-refractivity contribution is 7.97. The van der Waals surface area contributed by atoms with Crippen LogP contribution in [-0.2, 0) is 19.7 Å². The third-order valence-electron chi connectivity index (χ3n) is 5.80. The van der Waals surface area contributed by atoms with Gasteiger partial charge in [-0.25, -0.2) is 16.8 Å². The zero-order chi connectivity index (χ0) is 21.2. The van der Waals surface area contributed by atoms with Gasteiger partial charge < -0.3 is 0 Å². The van der Waals surface area contributed by atoms with Gasteiger partial charge in [0.25, 0.3) is 0 Å². The van der Waals surface area contributed by atoms with Crippen LogP contribution >= 0.6 is 11.3 Å². The Balaban J connectivity index is 1.40. The van der Waals surface area contributed by atoms with E-state index in [4.69, 9.17) is 0 Å². The third kappa shape index (κ3) is 4.86. The van der Waals surface area contributed by atoms with Gasteiger partial charge >= 0.3 is 0 Å². The van der Waals surface area contributed by atoms with Gasteiger partial charge in [0, 0.05) is 38.8 Å². The van der Waals surface area contributed by atoms with Gasteiger partial charge in [0.15, 0.2) is 19.7 Å². The summed E-state index contributed by atoms with van der Waals surface area (Å²) in [5, 5.41) is 0.832. The number of hydrogen-bond acceptors (Lipinski definition) is 7. The molecule has 0 aliphatic carbocycles. The number of hydrogen-bond donors (Lipinski definition) is 0. The Labute approximate surface area is 182 Å². The predicted octanol–water partition coefficient (Wildman–Crippen LogP) is 2.02. The summed E-state index contributed by atoms with van der Waals surface area (Å²) in [6.07, 6.45) is 4.23. The summed E-state index contributed by atoms with van der Waals surface area (Å²) < 4.78 is 51.1. The van der Waals surface area contributed by atoms with Gasteiger partial charge in [-0.05, 0) is 17.0 Å². The van der Waals surface area contributed by atoms with Crippen LogP contribution in [0.25, 0.3) is 6.08 Å². The molecular weight excluding hydrogens is 440 g/mol. The summed E-state index contributed by atoms with van der Waals surface area (Å²) in [6, 6.07) is 12.9. The molecule has 0 radical (unpaired) electrons.